The maximum Gasteiger partial charge on any atom is 0.292 e. The van der Waals surface area contributed by atoms with Gasteiger partial charge in [-0.3, -0.25) is 14.4 Å². The summed E-state index contributed by atoms with van der Waals surface area (Å²) >= 11 is 1.07. The summed E-state index contributed by atoms with van der Waals surface area (Å²) in [6.07, 6.45) is 0. The number of aliphatic hydroxyl groups is 4. The molecule has 0 aliphatic heterocycles. The first-order chi connectivity index (χ1) is 12.6. The second-order valence-electron chi connectivity index (χ2n) is 5.99. The highest BCUT2D eigenvalue weighted by Crippen LogP contribution is 2.40. The zero-order valence-corrected chi connectivity index (χ0v) is 14.8. The van der Waals surface area contributed by atoms with Crippen LogP contribution in [-0.2, 0) is 4.79 Å². The molecule has 0 spiro atoms. The monoisotopic (exact) mass is 389 g/mol. The first-order valence-electron chi connectivity index (χ1n) is 7.73. The molecule has 0 heterocycles. The summed E-state index contributed by atoms with van der Waals surface area (Å²) in [5, 5.41) is 41.7. The van der Waals surface area contributed by atoms with Gasteiger partial charge in [-0.05, 0) is 30.3 Å². The summed E-state index contributed by atoms with van der Waals surface area (Å²) < 4.78 is 0. The van der Waals surface area contributed by atoms with E-state index in [1.165, 1.54) is 25.1 Å². The Morgan fingerprint density at radius 3 is 2.11 bits per heavy atom. The highest BCUT2D eigenvalue weighted by Gasteiger charge is 2.63. The van der Waals surface area contributed by atoms with Crippen LogP contribution in [0.3, 0.4) is 0 Å². The second-order valence-corrected chi connectivity index (χ2v) is 7.10. The molecule has 2 aromatic carbocycles. The number of rotatable bonds is 3. The van der Waals surface area contributed by atoms with E-state index >= 15 is 0 Å². The first-order valence-corrected chi connectivity index (χ1v) is 8.55. The number of carbonyl (C=O) groups excluding carboxylic acids is 3. The van der Waals surface area contributed by atoms with Crippen molar-refractivity contribution >= 4 is 34.9 Å². The number of hydrogen-bond acceptors (Lipinski definition) is 8. The molecule has 9 heteroatoms. The molecule has 8 nitrogen and oxygen atoms in total. The van der Waals surface area contributed by atoms with Crippen LogP contribution in [0, 0.1) is 0 Å². The van der Waals surface area contributed by atoms with Gasteiger partial charge in [-0.25, -0.2) is 0 Å². The van der Waals surface area contributed by atoms with Gasteiger partial charge in [0.25, 0.3) is 11.6 Å². The Hall–Kier alpha value is -2.56. The van der Waals surface area contributed by atoms with Gasteiger partial charge < -0.3 is 25.7 Å². The Balaban J connectivity index is 2.01. The summed E-state index contributed by atoms with van der Waals surface area (Å²) in [5.41, 5.74) is -0.0472. The van der Waals surface area contributed by atoms with Crippen molar-refractivity contribution in [2.45, 2.75) is 28.3 Å². The first kappa shape index (κ1) is 19.2. The van der Waals surface area contributed by atoms with E-state index in [-0.39, 0.29) is 21.9 Å². The minimum atomic E-state index is -3.66. The number of hydrogen-bond donors (Lipinski definition) is 5. The van der Waals surface area contributed by atoms with Crippen molar-refractivity contribution in [2.24, 2.45) is 0 Å². The van der Waals surface area contributed by atoms with Crippen LogP contribution in [0.2, 0.25) is 0 Å². The number of amides is 1. The molecule has 0 saturated heterocycles. The Labute approximate surface area is 157 Å². The number of anilines is 1. The highest BCUT2D eigenvalue weighted by molar-refractivity contribution is 7.99. The summed E-state index contributed by atoms with van der Waals surface area (Å²) in [5.74, 6) is -10.3. The second kappa shape index (κ2) is 6.55. The molecule has 1 aliphatic rings. The Morgan fingerprint density at radius 2 is 1.52 bits per heavy atom. The van der Waals surface area contributed by atoms with E-state index in [2.05, 4.69) is 5.32 Å². The van der Waals surface area contributed by atoms with E-state index < -0.39 is 23.1 Å². The van der Waals surface area contributed by atoms with Crippen molar-refractivity contribution in [1.82, 2.24) is 0 Å². The van der Waals surface area contributed by atoms with Crippen molar-refractivity contribution in [1.29, 1.82) is 0 Å². The fourth-order valence-electron chi connectivity index (χ4n) is 2.65. The third-order valence-corrected chi connectivity index (χ3v) is 5.09. The molecule has 3 rings (SSSR count). The summed E-state index contributed by atoms with van der Waals surface area (Å²) in [7, 11) is 0. The fraction of sp³-hybridized carbons (Fsp3) is 0.167. The van der Waals surface area contributed by atoms with Crippen molar-refractivity contribution in [2.75, 3.05) is 5.32 Å². The lowest BCUT2D eigenvalue weighted by Crippen LogP contribution is -2.66. The molecule has 5 N–H and O–H groups in total. The van der Waals surface area contributed by atoms with Crippen LogP contribution in [-0.4, -0.2) is 49.5 Å². The molecule has 0 radical (unpaired) electrons. The van der Waals surface area contributed by atoms with Gasteiger partial charge in [0.05, 0.1) is 0 Å². The van der Waals surface area contributed by atoms with Crippen molar-refractivity contribution in [3.63, 3.8) is 0 Å². The number of nitrogens with one attached hydrogen (secondary N) is 1. The van der Waals surface area contributed by atoms with Gasteiger partial charge in [0.15, 0.2) is 0 Å². The normalized spacial score (nSPS) is 17.4. The Bertz CT molecular complexity index is 951. The maximum atomic E-state index is 12.5. The predicted molar refractivity (Wildman–Crippen MR) is 94.3 cm³/mol. The molecule has 0 unspecified atom stereocenters. The average Bonchev–Trinajstić information content (AvgIpc) is 2.60. The van der Waals surface area contributed by atoms with Gasteiger partial charge in [-0.15, -0.1) is 0 Å². The zero-order chi connectivity index (χ0) is 20.0. The topological polar surface area (TPSA) is 144 Å². The van der Waals surface area contributed by atoms with Crippen LogP contribution in [0.4, 0.5) is 5.69 Å². The van der Waals surface area contributed by atoms with Gasteiger partial charge in [-0.1, -0.05) is 23.9 Å². The van der Waals surface area contributed by atoms with Crippen molar-refractivity contribution in [3.8, 4) is 0 Å². The number of carbonyl (C=O) groups is 3. The SMILES string of the molecule is CC(=O)Nc1ccc(Sc2cccc3c2C(=O)C(O)(O)C(O)(O)C3=O)cc1. The van der Waals surface area contributed by atoms with Crippen molar-refractivity contribution < 1.29 is 34.8 Å². The lowest BCUT2D eigenvalue weighted by molar-refractivity contribution is -0.299. The third kappa shape index (κ3) is 3.15. The van der Waals surface area contributed by atoms with Crippen molar-refractivity contribution in [3.05, 3.63) is 53.6 Å². The molecule has 1 amide bonds. The minimum absolute atomic E-state index is 0.227. The lowest BCUT2D eigenvalue weighted by atomic mass is 9.80. The molecule has 1 aliphatic carbocycles. The summed E-state index contributed by atoms with van der Waals surface area (Å²) in [6, 6.07) is 10.7. The number of ketones is 2. The quantitative estimate of drug-likeness (QED) is 0.478. The molecule has 0 atom stereocenters. The van der Waals surface area contributed by atoms with Crippen LogP contribution in [0.15, 0.2) is 52.3 Å². The molecule has 2 aromatic rings. The van der Waals surface area contributed by atoms with Crippen LogP contribution in [0.25, 0.3) is 0 Å². The zero-order valence-electron chi connectivity index (χ0n) is 14.0. The van der Waals surface area contributed by atoms with Crippen LogP contribution < -0.4 is 5.32 Å². The van der Waals surface area contributed by atoms with Gasteiger partial charge in [0, 0.05) is 33.5 Å². The van der Waals surface area contributed by atoms with E-state index in [1.807, 2.05) is 0 Å². The highest BCUT2D eigenvalue weighted by atomic mass is 32.2. The van der Waals surface area contributed by atoms with Gasteiger partial charge in [-0.2, -0.15) is 0 Å². The predicted octanol–water partition coefficient (Wildman–Crippen LogP) is 0.537. The Morgan fingerprint density at radius 1 is 0.926 bits per heavy atom. The largest absolute Gasteiger partial charge is 0.355 e. The molecular formula is C18H15NO7S. The van der Waals surface area contributed by atoms with Crippen LogP contribution >= 0.6 is 11.8 Å². The molecule has 0 fully saturated rings. The molecule has 0 aromatic heterocycles. The lowest BCUT2D eigenvalue weighted by Gasteiger charge is -2.37. The van der Waals surface area contributed by atoms with Gasteiger partial charge >= 0.3 is 0 Å². The molecule has 140 valence electrons. The number of Topliss-reactive ketones (excluding diaryl/α,β-unsaturated/α-hetero) is 2. The van der Waals surface area contributed by atoms with Gasteiger partial charge in [0.1, 0.15) is 0 Å². The number of benzene rings is 2. The maximum absolute atomic E-state index is 12.5. The number of fused-ring (bicyclic) bond motifs is 1. The summed E-state index contributed by atoms with van der Waals surface area (Å²) in [4.78, 5) is 36.6. The molecule has 27 heavy (non-hydrogen) atoms. The molecular weight excluding hydrogens is 374 g/mol. The van der Waals surface area contributed by atoms with E-state index in [0.717, 1.165) is 11.8 Å². The minimum Gasteiger partial charge on any atom is -0.355 e. The fourth-order valence-corrected chi connectivity index (χ4v) is 3.63. The van der Waals surface area contributed by atoms with E-state index in [9.17, 15) is 34.8 Å². The summed E-state index contributed by atoms with van der Waals surface area (Å²) in [6.45, 7) is 1.37. The van der Waals surface area contributed by atoms with E-state index in [0.29, 0.717) is 10.6 Å². The average molecular weight is 389 g/mol. The molecule has 0 bridgehead atoms. The molecule has 0 saturated carbocycles. The smallest absolute Gasteiger partial charge is 0.292 e. The van der Waals surface area contributed by atoms with Crippen LogP contribution in [0.1, 0.15) is 27.6 Å². The Kier molecular flexibility index (Phi) is 4.66. The standard InChI is InChI=1S/C18H15NO7S/c1-9(20)19-10-5-7-11(8-6-10)27-13-4-2-3-12-14(13)16(22)18(25,26)17(23,24)15(12)21/h2-8,23-26H,1H3,(H,19,20). The van der Waals surface area contributed by atoms with E-state index in [1.54, 1.807) is 24.3 Å². The third-order valence-electron chi connectivity index (χ3n) is 4.02. The van der Waals surface area contributed by atoms with E-state index in [4.69, 9.17) is 0 Å². The van der Waals surface area contributed by atoms with Gasteiger partial charge in [0.2, 0.25) is 17.5 Å². The van der Waals surface area contributed by atoms with Crippen LogP contribution in [0.5, 0.6) is 0 Å².